The summed E-state index contributed by atoms with van der Waals surface area (Å²) in [4.78, 5) is 12.9. The number of ether oxygens (including phenoxy) is 2. The minimum Gasteiger partial charge on any atom is -0.493 e. The summed E-state index contributed by atoms with van der Waals surface area (Å²) in [6, 6.07) is 24.0. The molecular formula is C29H35NO3. The van der Waals surface area contributed by atoms with Gasteiger partial charge in [0.05, 0.1) is 6.61 Å². The Bertz CT molecular complexity index is 1030. The molecule has 0 fully saturated rings. The normalized spacial score (nSPS) is 11.8. The molecule has 0 aliphatic heterocycles. The van der Waals surface area contributed by atoms with Crippen molar-refractivity contribution in [3.8, 4) is 11.5 Å². The first kappa shape index (κ1) is 24.4. The highest BCUT2D eigenvalue weighted by molar-refractivity contribution is 5.94. The van der Waals surface area contributed by atoms with Crippen molar-refractivity contribution < 1.29 is 14.3 Å². The van der Waals surface area contributed by atoms with Gasteiger partial charge in [-0.3, -0.25) is 4.79 Å². The van der Waals surface area contributed by atoms with Crippen LogP contribution in [0, 0.1) is 0 Å². The molecule has 1 amide bonds. The Kier molecular flexibility index (Phi) is 8.94. The van der Waals surface area contributed by atoms with Crippen molar-refractivity contribution in [1.29, 1.82) is 0 Å². The zero-order valence-corrected chi connectivity index (χ0v) is 20.1. The van der Waals surface area contributed by atoms with Crippen LogP contribution in [0.3, 0.4) is 0 Å². The molecule has 4 heteroatoms. The quantitative estimate of drug-likeness (QED) is 0.365. The molecule has 0 aliphatic carbocycles. The van der Waals surface area contributed by atoms with E-state index >= 15 is 0 Å². The van der Waals surface area contributed by atoms with Crippen molar-refractivity contribution in [3.63, 3.8) is 0 Å². The maximum atomic E-state index is 12.9. The molecule has 0 aromatic heterocycles. The van der Waals surface area contributed by atoms with E-state index in [9.17, 15) is 4.79 Å². The highest BCUT2D eigenvalue weighted by Crippen LogP contribution is 2.28. The summed E-state index contributed by atoms with van der Waals surface area (Å²) in [5.41, 5.74) is 3.91. The number of rotatable bonds is 11. The number of para-hydroxylation sites is 1. The predicted molar refractivity (Wildman–Crippen MR) is 134 cm³/mol. The smallest absolute Gasteiger partial charge is 0.251 e. The molecule has 33 heavy (non-hydrogen) atoms. The van der Waals surface area contributed by atoms with Crippen LogP contribution in [0.2, 0.25) is 0 Å². The van der Waals surface area contributed by atoms with Crippen molar-refractivity contribution in [1.82, 2.24) is 5.32 Å². The molecule has 174 valence electrons. The first-order valence-electron chi connectivity index (χ1n) is 11.8. The molecular weight excluding hydrogens is 410 g/mol. The Morgan fingerprint density at radius 2 is 1.61 bits per heavy atom. The minimum atomic E-state index is -0.0811. The van der Waals surface area contributed by atoms with Crippen LogP contribution in [0.15, 0.2) is 72.8 Å². The van der Waals surface area contributed by atoms with Crippen molar-refractivity contribution >= 4 is 5.91 Å². The summed E-state index contributed by atoms with van der Waals surface area (Å²) < 4.78 is 12.0. The summed E-state index contributed by atoms with van der Waals surface area (Å²) in [6.45, 7) is 9.19. The third-order valence-electron chi connectivity index (χ3n) is 5.63. The average molecular weight is 446 g/mol. The lowest BCUT2D eigenvalue weighted by Crippen LogP contribution is -2.33. The standard InChI is InChI=1S/C29H35NO3/c1-5-32-27-18-17-24(29(31)30-22(4)15-16-23-11-7-6-8-12-23)19-25(27)20-33-28-14-10-9-13-26(28)21(2)3/h6-14,17-19,21-22H,5,15-16,20H2,1-4H3,(H,30,31)/t22-/m1/s1. The summed E-state index contributed by atoms with van der Waals surface area (Å²) in [6.07, 6.45) is 1.81. The SMILES string of the molecule is CCOc1ccc(C(=O)N[C@H](C)CCc2ccccc2)cc1COc1ccccc1C(C)C. The van der Waals surface area contributed by atoms with E-state index < -0.39 is 0 Å². The lowest BCUT2D eigenvalue weighted by molar-refractivity contribution is 0.0938. The van der Waals surface area contributed by atoms with E-state index in [0.29, 0.717) is 24.7 Å². The van der Waals surface area contributed by atoms with Gasteiger partial charge in [0.25, 0.3) is 5.91 Å². The molecule has 0 bridgehead atoms. The molecule has 0 unspecified atom stereocenters. The van der Waals surface area contributed by atoms with Gasteiger partial charge in [0.1, 0.15) is 18.1 Å². The number of carbonyl (C=O) groups excluding carboxylic acids is 1. The lowest BCUT2D eigenvalue weighted by atomic mass is 10.0. The monoisotopic (exact) mass is 445 g/mol. The van der Waals surface area contributed by atoms with Crippen LogP contribution >= 0.6 is 0 Å². The summed E-state index contributed by atoms with van der Waals surface area (Å²) >= 11 is 0. The van der Waals surface area contributed by atoms with Gasteiger partial charge in [-0.2, -0.15) is 0 Å². The number of hydrogen-bond donors (Lipinski definition) is 1. The lowest BCUT2D eigenvalue weighted by Gasteiger charge is -2.17. The molecule has 1 atom stereocenters. The van der Waals surface area contributed by atoms with Gasteiger partial charge >= 0.3 is 0 Å². The van der Waals surface area contributed by atoms with Crippen LogP contribution in [-0.2, 0) is 13.0 Å². The van der Waals surface area contributed by atoms with Crippen molar-refractivity contribution in [2.24, 2.45) is 0 Å². The van der Waals surface area contributed by atoms with Gasteiger partial charge in [-0.1, -0.05) is 62.4 Å². The fraction of sp³-hybridized carbons (Fsp3) is 0.345. The maximum Gasteiger partial charge on any atom is 0.251 e. The first-order valence-corrected chi connectivity index (χ1v) is 11.8. The molecule has 0 spiro atoms. The summed E-state index contributed by atoms with van der Waals surface area (Å²) in [5, 5.41) is 3.12. The van der Waals surface area contributed by atoms with E-state index in [0.717, 1.165) is 35.5 Å². The topological polar surface area (TPSA) is 47.6 Å². The van der Waals surface area contributed by atoms with Crippen molar-refractivity contribution in [2.45, 2.75) is 59.1 Å². The third-order valence-corrected chi connectivity index (χ3v) is 5.63. The van der Waals surface area contributed by atoms with Crippen molar-refractivity contribution in [3.05, 3.63) is 95.1 Å². The second-order valence-electron chi connectivity index (χ2n) is 8.64. The predicted octanol–water partition coefficient (Wildman–Crippen LogP) is 6.54. The van der Waals surface area contributed by atoms with E-state index in [1.54, 1.807) is 0 Å². The molecule has 0 radical (unpaired) electrons. The van der Waals surface area contributed by atoms with E-state index in [-0.39, 0.29) is 11.9 Å². The van der Waals surface area contributed by atoms with Crippen LogP contribution in [0.1, 0.15) is 67.1 Å². The van der Waals surface area contributed by atoms with Crippen LogP contribution in [0.4, 0.5) is 0 Å². The van der Waals surface area contributed by atoms with E-state index in [2.05, 4.69) is 37.4 Å². The Balaban J connectivity index is 1.68. The van der Waals surface area contributed by atoms with Gasteiger partial charge < -0.3 is 14.8 Å². The summed E-state index contributed by atoms with van der Waals surface area (Å²) in [7, 11) is 0. The maximum absolute atomic E-state index is 12.9. The molecule has 3 aromatic rings. The third kappa shape index (κ3) is 7.11. The largest absolute Gasteiger partial charge is 0.493 e. The first-order chi connectivity index (χ1) is 16.0. The Hall–Kier alpha value is -3.27. The average Bonchev–Trinajstić information content (AvgIpc) is 2.83. The highest BCUT2D eigenvalue weighted by Gasteiger charge is 2.15. The van der Waals surface area contributed by atoms with Gasteiger partial charge in [-0.25, -0.2) is 0 Å². The fourth-order valence-electron chi connectivity index (χ4n) is 3.78. The molecule has 1 N–H and O–H groups in total. The molecule has 3 aromatic carbocycles. The highest BCUT2D eigenvalue weighted by atomic mass is 16.5. The molecule has 3 rings (SSSR count). The van der Waals surface area contributed by atoms with Crippen molar-refractivity contribution in [2.75, 3.05) is 6.61 Å². The zero-order chi connectivity index (χ0) is 23.6. The minimum absolute atomic E-state index is 0.0712. The van der Waals surface area contributed by atoms with E-state index in [1.807, 2.05) is 68.4 Å². The Labute approximate surface area is 197 Å². The molecule has 4 nitrogen and oxygen atoms in total. The number of carbonyl (C=O) groups is 1. The number of amides is 1. The van der Waals surface area contributed by atoms with Gasteiger partial charge in [-0.15, -0.1) is 0 Å². The van der Waals surface area contributed by atoms with Crippen LogP contribution in [-0.4, -0.2) is 18.6 Å². The Morgan fingerprint density at radius 1 is 0.879 bits per heavy atom. The number of aryl methyl sites for hydroxylation is 1. The second-order valence-corrected chi connectivity index (χ2v) is 8.64. The van der Waals surface area contributed by atoms with Gasteiger partial charge in [0.15, 0.2) is 0 Å². The molecule has 0 heterocycles. The van der Waals surface area contributed by atoms with Crippen LogP contribution < -0.4 is 14.8 Å². The van der Waals surface area contributed by atoms with E-state index in [1.165, 1.54) is 5.56 Å². The number of hydrogen-bond acceptors (Lipinski definition) is 3. The van der Waals surface area contributed by atoms with Gasteiger partial charge in [-0.05, 0) is 68.0 Å². The molecule has 0 aliphatic rings. The number of benzene rings is 3. The van der Waals surface area contributed by atoms with Gasteiger partial charge in [0.2, 0.25) is 0 Å². The molecule has 0 saturated carbocycles. The second kappa shape index (κ2) is 12.1. The fourth-order valence-corrected chi connectivity index (χ4v) is 3.78. The van der Waals surface area contributed by atoms with Crippen LogP contribution in [0.5, 0.6) is 11.5 Å². The molecule has 0 saturated heterocycles. The van der Waals surface area contributed by atoms with Crippen LogP contribution in [0.25, 0.3) is 0 Å². The van der Waals surface area contributed by atoms with Gasteiger partial charge in [0, 0.05) is 17.2 Å². The Morgan fingerprint density at radius 3 is 2.33 bits per heavy atom. The number of nitrogens with one attached hydrogen (secondary N) is 1. The zero-order valence-electron chi connectivity index (χ0n) is 20.1. The summed E-state index contributed by atoms with van der Waals surface area (Å²) in [5.74, 6) is 1.89. The van der Waals surface area contributed by atoms with E-state index in [4.69, 9.17) is 9.47 Å².